The summed E-state index contributed by atoms with van der Waals surface area (Å²) >= 11 is 0. The van der Waals surface area contributed by atoms with E-state index in [4.69, 9.17) is 5.73 Å². The van der Waals surface area contributed by atoms with E-state index in [1.54, 1.807) is 12.1 Å². The van der Waals surface area contributed by atoms with E-state index in [-0.39, 0.29) is 10.7 Å². The number of nitrogen functional groups attached to an aromatic ring is 1. The van der Waals surface area contributed by atoms with Crippen LogP contribution in [0.5, 0.6) is 0 Å². The number of sulfonamides is 1. The minimum absolute atomic E-state index is 0.0343. The minimum atomic E-state index is -3.57. The summed E-state index contributed by atoms with van der Waals surface area (Å²) in [7, 11) is -3.57. The fourth-order valence-electron chi connectivity index (χ4n) is 2.20. The summed E-state index contributed by atoms with van der Waals surface area (Å²) < 4.78 is 26.4. The van der Waals surface area contributed by atoms with Crippen molar-refractivity contribution in [3.8, 4) is 0 Å². The van der Waals surface area contributed by atoms with Crippen molar-refractivity contribution in [2.24, 2.45) is 0 Å². The normalized spacial score (nSPS) is 18.9. The third kappa shape index (κ3) is 2.88. The highest BCUT2D eigenvalue weighted by atomic mass is 32.2. The molecule has 1 aromatic rings. The zero-order valence-corrected chi connectivity index (χ0v) is 12.1. The van der Waals surface area contributed by atoms with Gasteiger partial charge in [-0.2, -0.15) is 4.31 Å². The average molecular weight is 284 g/mol. The summed E-state index contributed by atoms with van der Waals surface area (Å²) in [6.45, 7) is 6.67. The van der Waals surface area contributed by atoms with Gasteiger partial charge in [0.05, 0.1) is 5.69 Å². The van der Waals surface area contributed by atoms with Crippen molar-refractivity contribution < 1.29 is 8.42 Å². The Kier molecular flexibility index (Phi) is 4.07. The molecule has 7 heteroatoms. The lowest BCUT2D eigenvalue weighted by Gasteiger charge is -2.36. The maximum Gasteiger partial charge on any atom is 0.262 e. The maximum absolute atomic E-state index is 12.4. The van der Waals surface area contributed by atoms with Crippen molar-refractivity contribution >= 4 is 15.7 Å². The van der Waals surface area contributed by atoms with Gasteiger partial charge in [-0.25, -0.2) is 13.4 Å². The summed E-state index contributed by atoms with van der Waals surface area (Å²) in [5, 5.41) is -0.0343. The third-order valence-corrected chi connectivity index (χ3v) is 5.26. The van der Waals surface area contributed by atoms with Crippen LogP contribution in [-0.2, 0) is 10.0 Å². The van der Waals surface area contributed by atoms with Crippen LogP contribution in [0.4, 0.5) is 5.69 Å². The van der Waals surface area contributed by atoms with Crippen molar-refractivity contribution in [1.29, 1.82) is 0 Å². The average Bonchev–Trinajstić information content (AvgIpc) is 2.39. The van der Waals surface area contributed by atoms with Crippen LogP contribution in [0.3, 0.4) is 0 Å². The van der Waals surface area contributed by atoms with Gasteiger partial charge in [0.1, 0.15) is 0 Å². The monoisotopic (exact) mass is 284 g/mol. The first-order chi connectivity index (χ1) is 8.93. The fourth-order valence-corrected chi connectivity index (χ4v) is 3.65. The molecule has 1 saturated heterocycles. The number of piperazine rings is 1. The molecule has 0 unspecified atom stereocenters. The third-order valence-electron chi connectivity index (χ3n) is 3.39. The Labute approximate surface area is 114 Å². The molecule has 1 aliphatic rings. The van der Waals surface area contributed by atoms with Crippen LogP contribution in [0.2, 0.25) is 0 Å². The molecule has 0 amide bonds. The number of hydrogen-bond donors (Lipinski definition) is 1. The second-order valence-corrected chi connectivity index (χ2v) is 6.78. The van der Waals surface area contributed by atoms with E-state index in [0.29, 0.717) is 19.1 Å². The number of hydrogen-bond acceptors (Lipinski definition) is 5. The first-order valence-electron chi connectivity index (χ1n) is 6.37. The molecule has 1 aromatic heterocycles. The van der Waals surface area contributed by atoms with Crippen LogP contribution in [0, 0.1) is 0 Å². The second kappa shape index (κ2) is 5.44. The predicted octanol–water partition coefficient (Wildman–Crippen LogP) is 0.378. The molecule has 0 aliphatic carbocycles. The minimum Gasteiger partial charge on any atom is -0.396 e. The van der Waals surface area contributed by atoms with E-state index < -0.39 is 10.0 Å². The van der Waals surface area contributed by atoms with Gasteiger partial charge in [-0.15, -0.1) is 0 Å². The first-order valence-corrected chi connectivity index (χ1v) is 7.81. The molecule has 1 fully saturated rings. The van der Waals surface area contributed by atoms with E-state index in [1.807, 2.05) is 0 Å². The Bertz CT molecular complexity index is 536. The topological polar surface area (TPSA) is 79.5 Å². The Morgan fingerprint density at radius 3 is 2.42 bits per heavy atom. The molecule has 2 rings (SSSR count). The van der Waals surface area contributed by atoms with Crippen LogP contribution in [0.15, 0.2) is 23.4 Å². The summed E-state index contributed by atoms with van der Waals surface area (Å²) in [5.74, 6) is 0. The standard InChI is InChI=1S/C12H20N4O2S/c1-10(2)15-6-8-16(9-7-15)19(17,18)12-11(13)4-3-5-14-12/h3-5,10H,6-9,13H2,1-2H3. The van der Waals surface area contributed by atoms with Gasteiger partial charge in [-0.3, -0.25) is 4.90 Å². The Morgan fingerprint density at radius 2 is 1.89 bits per heavy atom. The lowest BCUT2D eigenvalue weighted by atomic mass is 10.3. The lowest BCUT2D eigenvalue weighted by molar-refractivity contribution is 0.154. The summed E-state index contributed by atoms with van der Waals surface area (Å²) in [6.07, 6.45) is 1.45. The second-order valence-electron chi connectivity index (χ2n) is 4.93. The number of anilines is 1. The first kappa shape index (κ1) is 14.2. The molecule has 19 heavy (non-hydrogen) atoms. The van der Waals surface area contributed by atoms with Crippen LogP contribution in [-0.4, -0.2) is 54.8 Å². The molecule has 0 bridgehead atoms. The molecular weight excluding hydrogens is 264 g/mol. The van der Waals surface area contributed by atoms with E-state index in [0.717, 1.165) is 13.1 Å². The van der Waals surface area contributed by atoms with E-state index in [2.05, 4.69) is 23.7 Å². The van der Waals surface area contributed by atoms with Gasteiger partial charge in [0.15, 0.2) is 5.03 Å². The van der Waals surface area contributed by atoms with Crippen molar-refractivity contribution in [3.05, 3.63) is 18.3 Å². The molecule has 1 aliphatic heterocycles. The quantitative estimate of drug-likeness (QED) is 0.868. The largest absolute Gasteiger partial charge is 0.396 e. The molecule has 0 spiro atoms. The SMILES string of the molecule is CC(C)N1CCN(S(=O)(=O)c2ncccc2N)CC1. The predicted molar refractivity (Wildman–Crippen MR) is 74.1 cm³/mol. The van der Waals surface area contributed by atoms with E-state index >= 15 is 0 Å². The van der Waals surface area contributed by atoms with Crippen molar-refractivity contribution in [2.45, 2.75) is 24.9 Å². The summed E-state index contributed by atoms with van der Waals surface area (Å²) in [5.41, 5.74) is 5.91. The number of rotatable bonds is 3. The number of nitrogens with two attached hydrogens (primary N) is 1. The molecule has 0 atom stereocenters. The van der Waals surface area contributed by atoms with Crippen LogP contribution in [0.25, 0.3) is 0 Å². The Morgan fingerprint density at radius 1 is 1.26 bits per heavy atom. The Hall–Kier alpha value is -1.18. The Balaban J connectivity index is 2.17. The highest BCUT2D eigenvalue weighted by Gasteiger charge is 2.31. The van der Waals surface area contributed by atoms with Gasteiger partial charge >= 0.3 is 0 Å². The van der Waals surface area contributed by atoms with Crippen LogP contribution >= 0.6 is 0 Å². The van der Waals surface area contributed by atoms with Crippen molar-refractivity contribution in [1.82, 2.24) is 14.2 Å². The maximum atomic E-state index is 12.4. The van der Waals surface area contributed by atoms with Crippen molar-refractivity contribution in [3.63, 3.8) is 0 Å². The molecule has 2 N–H and O–H groups in total. The summed E-state index contributed by atoms with van der Waals surface area (Å²) in [4.78, 5) is 6.17. The fraction of sp³-hybridized carbons (Fsp3) is 0.583. The van der Waals surface area contributed by atoms with Crippen LogP contribution < -0.4 is 5.73 Å². The number of pyridine rings is 1. The molecule has 106 valence electrons. The zero-order valence-electron chi connectivity index (χ0n) is 11.3. The molecule has 0 saturated carbocycles. The van der Waals surface area contributed by atoms with Gasteiger partial charge in [0.25, 0.3) is 10.0 Å². The number of nitrogens with zero attached hydrogens (tertiary/aromatic N) is 3. The highest BCUT2D eigenvalue weighted by Crippen LogP contribution is 2.20. The van der Waals surface area contributed by atoms with Gasteiger partial charge in [-0.05, 0) is 26.0 Å². The lowest BCUT2D eigenvalue weighted by Crippen LogP contribution is -2.50. The molecule has 0 aromatic carbocycles. The van der Waals surface area contributed by atoms with Gasteiger partial charge in [-0.1, -0.05) is 0 Å². The highest BCUT2D eigenvalue weighted by molar-refractivity contribution is 7.89. The van der Waals surface area contributed by atoms with Gasteiger partial charge in [0.2, 0.25) is 0 Å². The molecule has 6 nitrogen and oxygen atoms in total. The van der Waals surface area contributed by atoms with Gasteiger partial charge in [0, 0.05) is 38.4 Å². The number of aromatic nitrogens is 1. The summed E-state index contributed by atoms with van der Waals surface area (Å²) in [6, 6.07) is 3.62. The van der Waals surface area contributed by atoms with E-state index in [1.165, 1.54) is 10.5 Å². The van der Waals surface area contributed by atoms with E-state index in [9.17, 15) is 8.42 Å². The molecule has 2 heterocycles. The smallest absolute Gasteiger partial charge is 0.262 e. The zero-order chi connectivity index (χ0) is 14.0. The molecular formula is C12H20N4O2S. The van der Waals surface area contributed by atoms with Crippen LogP contribution in [0.1, 0.15) is 13.8 Å². The molecule has 0 radical (unpaired) electrons. The van der Waals surface area contributed by atoms with Crippen molar-refractivity contribution in [2.75, 3.05) is 31.9 Å². The van der Waals surface area contributed by atoms with Gasteiger partial charge < -0.3 is 5.73 Å².